The van der Waals surface area contributed by atoms with Gasteiger partial charge in [-0.2, -0.15) is 0 Å². The first-order valence-electron chi connectivity index (χ1n) is 8.27. The molecular weight excluding hydrogens is 308 g/mol. The van der Waals surface area contributed by atoms with Gasteiger partial charge < -0.3 is 10.1 Å². The largest absolute Gasteiger partial charge is 0.381 e. The molecule has 1 saturated heterocycles. The number of pyridine rings is 1. The second-order valence-electron chi connectivity index (χ2n) is 6.14. The van der Waals surface area contributed by atoms with Crippen LogP contribution in [0.5, 0.6) is 0 Å². The van der Waals surface area contributed by atoms with Gasteiger partial charge in [-0.25, -0.2) is 0 Å². The molecule has 122 valence electrons. The molecule has 0 amide bonds. The summed E-state index contributed by atoms with van der Waals surface area (Å²) in [5.74, 6) is 0.694. The van der Waals surface area contributed by atoms with Crippen molar-refractivity contribution >= 4 is 11.6 Å². The highest BCUT2D eigenvalue weighted by Gasteiger charge is 2.17. The first-order chi connectivity index (χ1) is 11.3. The summed E-state index contributed by atoms with van der Waals surface area (Å²) in [5, 5.41) is 4.52. The lowest BCUT2D eigenvalue weighted by atomic mass is 9.96. The monoisotopic (exact) mass is 330 g/mol. The number of nitrogens with zero attached hydrogens (tertiary/aromatic N) is 1. The Labute approximate surface area is 143 Å². The summed E-state index contributed by atoms with van der Waals surface area (Å²) in [6.45, 7) is 2.79. The van der Waals surface area contributed by atoms with Gasteiger partial charge in [-0.3, -0.25) is 4.98 Å². The molecule has 1 aromatic heterocycles. The Hall–Kier alpha value is -1.42. The standard InChI is InChI=1S/C19H23ClN2O/c20-18-5-1-4-17(12-18)19(11-16-3-2-8-21-13-16)22-14-15-6-9-23-10-7-15/h1-5,8,12-13,15,19,22H,6-7,9-11,14H2. The zero-order valence-electron chi connectivity index (χ0n) is 13.2. The average molecular weight is 331 g/mol. The van der Waals surface area contributed by atoms with Gasteiger partial charge in [-0.1, -0.05) is 29.8 Å². The van der Waals surface area contributed by atoms with Gasteiger partial charge in [0, 0.05) is 36.7 Å². The Morgan fingerprint density at radius 3 is 2.83 bits per heavy atom. The molecule has 2 aromatic rings. The van der Waals surface area contributed by atoms with Crippen molar-refractivity contribution in [3.8, 4) is 0 Å². The van der Waals surface area contributed by atoms with E-state index in [4.69, 9.17) is 16.3 Å². The first kappa shape index (κ1) is 16.4. The van der Waals surface area contributed by atoms with Crippen molar-refractivity contribution in [3.63, 3.8) is 0 Å². The molecule has 1 aliphatic heterocycles. The van der Waals surface area contributed by atoms with Crippen molar-refractivity contribution < 1.29 is 4.74 Å². The quantitative estimate of drug-likeness (QED) is 0.868. The molecule has 1 aliphatic rings. The summed E-state index contributed by atoms with van der Waals surface area (Å²) in [5.41, 5.74) is 2.46. The van der Waals surface area contributed by atoms with Gasteiger partial charge >= 0.3 is 0 Å². The molecular formula is C19H23ClN2O. The Balaban J connectivity index is 1.70. The van der Waals surface area contributed by atoms with E-state index in [9.17, 15) is 0 Å². The van der Waals surface area contributed by atoms with E-state index in [1.54, 1.807) is 0 Å². The van der Waals surface area contributed by atoms with Crippen LogP contribution in [0.25, 0.3) is 0 Å². The van der Waals surface area contributed by atoms with Crippen LogP contribution in [0.2, 0.25) is 5.02 Å². The lowest BCUT2D eigenvalue weighted by Crippen LogP contribution is -2.31. The van der Waals surface area contributed by atoms with Crippen molar-refractivity contribution in [3.05, 3.63) is 64.9 Å². The molecule has 4 heteroatoms. The lowest BCUT2D eigenvalue weighted by Gasteiger charge is -2.26. The maximum Gasteiger partial charge on any atom is 0.0469 e. The second-order valence-corrected chi connectivity index (χ2v) is 6.57. The van der Waals surface area contributed by atoms with Crippen LogP contribution in [0, 0.1) is 5.92 Å². The minimum atomic E-state index is 0.251. The third-order valence-corrected chi connectivity index (χ3v) is 4.64. The maximum atomic E-state index is 6.18. The van der Waals surface area contributed by atoms with E-state index in [1.807, 2.05) is 30.6 Å². The predicted octanol–water partition coefficient (Wildman–Crippen LogP) is 4.04. The van der Waals surface area contributed by atoms with Crippen molar-refractivity contribution in [2.45, 2.75) is 25.3 Å². The molecule has 0 spiro atoms. The smallest absolute Gasteiger partial charge is 0.0469 e. The highest BCUT2D eigenvalue weighted by Crippen LogP contribution is 2.23. The summed E-state index contributed by atoms with van der Waals surface area (Å²) in [6.07, 6.45) is 6.95. The van der Waals surface area contributed by atoms with Crippen LogP contribution in [-0.2, 0) is 11.2 Å². The zero-order valence-corrected chi connectivity index (χ0v) is 14.0. The normalized spacial score (nSPS) is 17.1. The van der Waals surface area contributed by atoms with Crippen molar-refractivity contribution in [1.82, 2.24) is 10.3 Å². The minimum absolute atomic E-state index is 0.251. The molecule has 23 heavy (non-hydrogen) atoms. The van der Waals surface area contributed by atoms with Gasteiger partial charge in [0.2, 0.25) is 0 Å². The lowest BCUT2D eigenvalue weighted by molar-refractivity contribution is 0.0654. The second kappa shape index (κ2) is 8.44. The van der Waals surface area contributed by atoms with Crippen LogP contribution in [0.15, 0.2) is 48.8 Å². The number of nitrogens with one attached hydrogen (secondary N) is 1. The molecule has 2 heterocycles. The van der Waals surface area contributed by atoms with Crippen LogP contribution in [0.1, 0.15) is 30.0 Å². The minimum Gasteiger partial charge on any atom is -0.381 e. The molecule has 1 N–H and O–H groups in total. The third kappa shape index (κ3) is 5.03. The average Bonchev–Trinajstić information content (AvgIpc) is 2.60. The van der Waals surface area contributed by atoms with E-state index in [0.717, 1.165) is 44.0 Å². The molecule has 0 aliphatic carbocycles. The van der Waals surface area contributed by atoms with Gasteiger partial charge in [0.05, 0.1) is 0 Å². The van der Waals surface area contributed by atoms with E-state index < -0.39 is 0 Å². The molecule has 1 aromatic carbocycles. The molecule has 0 saturated carbocycles. The summed E-state index contributed by atoms with van der Waals surface area (Å²) in [7, 11) is 0. The van der Waals surface area contributed by atoms with Crippen LogP contribution in [-0.4, -0.2) is 24.7 Å². The van der Waals surface area contributed by atoms with E-state index in [0.29, 0.717) is 5.92 Å². The highest BCUT2D eigenvalue weighted by atomic mass is 35.5. The maximum absolute atomic E-state index is 6.18. The SMILES string of the molecule is Clc1cccc(C(Cc2cccnc2)NCC2CCOCC2)c1. The Morgan fingerprint density at radius 2 is 2.09 bits per heavy atom. The van der Waals surface area contributed by atoms with Crippen molar-refractivity contribution in [1.29, 1.82) is 0 Å². The Morgan fingerprint density at radius 1 is 1.22 bits per heavy atom. The fraction of sp³-hybridized carbons (Fsp3) is 0.421. The molecule has 1 fully saturated rings. The molecule has 3 nitrogen and oxygen atoms in total. The van der Waals surface area contributed by atoms with Gasteiger partial charge in [0.15, 0.2) is 0 Å². The van der Waals surface area contributed by atoms with E-state index in [2.05, 4.69) is 28.5 Å². The summed E-state index contributed by atoms with van der Waals surface area (Å²) in [6, 6.07) is 12.5. The predicted molar refractivity (Wildman–Crippen MR) is 93.7 cm³/mol. The Bertz CT molecular complexity index is 599. The van der Waals surface area contributed by atoms with Crippen molar-refractivity contribution in [2.75, 3.05) is 19.8 Å². The first-order valence-corrected chi connectivity index (χ1v) is 8.64. The summed E-state index contributed by atoms with van der Waals surface area (Å²) < 4.78 is 5.45. The molecule has 0 radical (unpaired) electrons. The molecule has 0 bridgehead atoms. The summed E-state index contributed by atoms with van der Waals surface area (Å²) in [4.78, 5) is 4.23. The van der Waals surface area contributed by atoms with Gasteiger partial charge in [0.25, 0.3) is 0 Å². The van der Waals surface area contributed by atoms with Gasteiger partial charge in [-0.15, -0.1) is 0 Å². The molecule has 1 unspecified atom stereocenters. The van der Waals surface area contributed by atoms with E-state index in [1.165, 1.54) is 11.1 Å². The number of ether oxygens (including phenoxy) is 1. The number of halogens is 1. The van der Waals surface area contributed by atoms with Crippen molar-refractivity contribution in [2.24, 2.45) is 5.92 Å². The fourth-order valence-electron chi connectivity index (χ4n) is 3.05. The van der Waals surface area contributed by atoms with Gasteiger partial charge in [-0.05, 0) is 61.1 Å². The number of benzene rings is 1. The molecule has 1 atom stereocenters. The summed E-state index contributed by atoms with van der Waals surface area (Å²) >= 11 is 6.18. The van der Waals surface area contributed by atoms with Gasteiger partial charge in [0.1, 0.15) is 0 Å². The van der Waals surface area contributed by atoms with Crippen LogP contribution in [0.3, 0.4) is 0 Å². The van der Waals surface area contributed by atoms with Crippen LogP contribution < -0.4 is 5.32 Å². The van der Waals surface area contributed by atoms with Crippen LogP contribution >= 0.6 is 11.6 Å². The number of hydrogen-bond donors (Lipinski definition) is 1. The fourth-order valence-corrected chi connectivity index (χ4v) is 3.24. The van der Waals surface area contributed by atoms with Crippen LogP contribution in [0.4, 0.5) is 0 Å². The topological polar surface area (TPSA) is 34.2 Å². The number of rotatable bonds is 6. The number of aromatic nitrogens is 1. The highest BCUT2D eigenvalue weighted by molar-refractivity contribution is 6.30. The third-order valence-electron chi connectivity index (χ3n) is 4.41. The van der Waals surface area contributed by atoms with E-state index >= 15 is 0 Å². The Kier molecular flexibility index (Phi) is 6.03. The zero-order chi connectivity index (χ0) is 15.9. The van der Waals surface area contributed by atoms with E-state index in [-0.39, 0.29) is 6.04 Å². The molecule has 3 rings (SSSR count). The number of hydrogen-bond acceptors (Lipinski definition) is 3.